The molecule has 0 saturated heterocycles. The summed E-state index contributed by atoms with van der Waals surface area (Å²) < 4.78 is 0. The maximum absolute atomic E-state index is 10.4. The summed E-state index contributed by atoms with van der Waals surface area (Å²) in [6.07, 6.45) is -1.08. The molecular weight excluding hydrogens is 134 g/mol. The first-order valence-electron chi connectivity index (χ1n) is 2.75. The fourth-order valence-corrected chi connectivity index (χ4v) is 0.450. The number of carbonyl (C=O) groups excluding carboxylic acids is 1. The number of nitrogens with one attached hydrogen (secondary N) is 1. The fraction of sp³-hybridized carbons (Fsp3) is 0.600. The summed E-state index contributed by atoms with van der Waals surface area (Å²) in [5, 5.41) is 16.9. The van der Waals surface area contributed by atoms with Gasteiger partial charge in [-0.25, -0.2) is 5.84 Å². The largest absolute Gasteiger partial charge is 0.392 e. The average Bonchev–Trinajstić information content (AvgIpc) is 1.88. The SMILES string of the molecule is N#CCC(O)CC(=O)NN. The monoisotopic (exact) mass is 143 g/mol. The topological polar surface area (TPSA) is 99.1 Å². The maximum atomic E-state index is 10.4. The van der Waals surface area contributed by atoms with Gasteiger partial charge in [0.2, 0.25) is 5.91 Å². The third kappa shape index (κ3) is 3.83. The van der Waals surface area contributed by atoms with Crippen LogP contribution in [0.5, 0.6) is 0 Å². The van der Waals surface area contributed by atoms with Crippen LogP contribution in [0.15, 0.2) is 0 Å². The number of amides is 1. The Morgan fingerprint density at radius 3 is 2.90 bits per heavy atom. The van der Waals surface area contributed by atoms with Gasteiger partial charge < -0.3 is 5.11 Å². The average molecular weight is 143 g/mol. The number of carbonyl (C=O) groups is 1. The minimum atomic E-state index is -0.909. The normalized spacial score (nSPS) is 11.7. The molecule has 5 nitrogen and oxygen atoms in total. The van der Waals surface area contributed by atoms with E-state index in [0.717, 1.165) is 0 Å². The van der Waals surface area contributed by atoms with Gasteiger partial charge in [-0.3, -0.25) is 10.2 Å². The molecule has 0 aromatic rings. The zero-order valence-electron chi connectivity index (χ0n) is 5.37. The number of nitriles is 1. The molecule has 0 aliphatic carbocycles. The molecule has 0 aliphatic heterocycles. The van der Waals surface area contributed by atoms with Gasteiger partial charge in [-0.1, -0.05) is 0 Å². The lowest BCUT2D eigenvalue weighted by atomic mass is 10.2. The van der Waals surface area contributed by atoms with E-state index in [4.69, 9.17) is 16.2 Å². The Bertz CT molecular complexity index is 151. The van der Waals surface area contributed by atoms with Crippen molar-refractivity contribution >= 4 is 5.91 Å². The number of hydrazine groups is 1. The molecule has 0 heterocycles. The van der Waals surface area contributed by atoms with E-state index in [0.29, 0.717) is 0 Å². The molecule has 1 amide bonds. The summed E-state index contributed by atoms with van der Waals surface area (Å²) in [6, 6.07) is 1.73. The number of aliphatic hydroxyl groups excluding tert-OH is 1. The molecule has 0 radical (unpaired) electrons. The highest BCUT2D eigenvalue weighted by molar-refractivity contribution is 5.75. The molecule has 1 atom stereocenters. The van der Waals surface area contributed by atoms with Crippen molar-refractivity contribution in [2.75, 3.05) is 0 Å². The Hall–Kier alpha value is -1.12. The standard InChI is InChI=1S/C5H9N3O2/c6-2-1-4(9)3-5(10)8-7/h4,9H,1,3,7H2,(H,8,10). The Morgan fingerprint density at radius 1 is 1.90 bits per heavy atom. The smallest absolute Gasteiger partial charge is 0.236 e. The second-order valence-corrected chi connectivity index (χ2v) is 1.79. The quantitative estimate of drug-likeness (QED) is 0.258. The van der Waals surface area contributed by atoms with Crippen LogP contribution < -0.4 is 11.3 Å². The molecule has 0 bridgehead atoms. The van der Waals surface area contributed by atoms with E-state index in [-0.39, 0.29) is 12.8 Å². The number of nitrogens with two attached hydrogens (primary N) is 1. The number of hydrogen-bond donors (Lipinski definition) is 3. The van der Waals surface area contributed by atoms with E-state index in [1.54, 1.807) is 6.07 Å². The van der Waals surface area contributed by atoms with Crippen molar-refractivity contribution in [1.29, 1.82) is 5.26 Å². The van der Waals surface area contributed by atoms with Crippen LogP contribution in [0.2, 0.25) is 0 Å². The Balaban J connectivity index is 3.49. The van der Waals surface area contributed by atoms with Gasteiger partial charge in [0.1, 0.15) is 0 Å². The fourth-order valence-electron chi connectivity index (χ4n) is 0.450. The Kier molecular flexibility index (Phi) is 4.20. The molecule has 5 heteroatoms. The van der Waals surface area contributed by atoms with Gasteiger partial charge in [0, 0.05) is 0 Å². The molecule has 4 N–H and O–H groups in total. The van der Waals surface area contributed by atoms with Gasteiger partial charge in [0.05, 0.1) is 25.0 Å². The number of hydrogen-bond acceptors (Lipinski definition) is 4. The van der Waals surface area contributed by atoms with Gasteiger partial charge in [-0.05, 0) is 0 Å². The molecule has 0 aromatic heterocycles. The summed E-state index contributed by atoms with van der Waals surface area (Å²) in [7, 11) is 0. The zero-order valence-corrected chi connectivity index (χ0v) is 5.37. The summed E-state index contributed by atoms with van der Waals surface area (Å²) in [6.45, 7) is 0. The van der Waals surface area contributed by atoms with Crippen molar-refractivity contribution in [1.82, 2.24) is 5.43 Å². The zero-order chi connectivity index (χ0) is 7.98. The van der Waals surface area contributed by atoms with Crippen LogP contribution in [0.25, 0.3) is 0 Å². The van der Waals surface area contributed by atoms with Crippen LogP contribution in [-0.4, -0.2) is 17.1 Å². The van der Waals surface area contributed by atoms with Crippen molar-refractivity contribution in [2.24, 2.45) is 5.84 Å². The van der Waals surface area contributed by atoms with Crippen LogP contribution in [0.3, 0.4) is 0 Å². The van der Waals surface area contributed by atoms with Gasteiger partial charge in [0.25, 0.3) is 0 Å². The Labute approximate surface area is 58.4 Å². The van der Waals surface area contributed by atoms with Crippen molar-refractivity contribution < 1.29 is 9.90 Å². The molecule has 10 heavy (non-hydrogen) atoms. The molecule has 0 fully saturated rings. The number of rotatable bonds is 3. The molecule has 0 aromatic carbocycles. The predicted molar refractivity (Wildman–Crippen MR) is 33.2 cm³/mol. The van der Waals surface area contributed by atoms with Crippen molar-refractivity contribution in [3.05, 3.63) is 0 Å². The molecule has 1 unspecified atom stereocenters. The summed E-state index contributed by atoms with van der Waals surface area (Å²) in [4.78, 5) is 10.4. The second kappa shape index (κ2) is 4.73. The van der Waals surface area contributed by atoms with Crippen LogP contribution >= 0.6 is 0 Å². The lowest BCUT2D eigenvalue weighted by molar-refractivity contribution is -0.122. The van der Waals surface area contributed by atoms with Crippen LogP contribution in [-0.2, 0) is 4.79 Å². The van der Waals surface area contributed by atoms with Crippen molar-refractivity contribution in [3.8, 4) is 6.07 Å². The first-order chi connectivity index (χ1) is 4.70. The van der Waals surface area contributed by atoms with Crippen molar-refractivity contribution in [2.45, 2.75) is 18.9 Å². The molecular formula is C5H9N3O2. The van der Waals surface area contributed by atoms with Gasteiger partial charge in [0.15, 0.2) is 0 Å². The number of nitrogens with zero attached hydrogens (tertiary/aromatic N) is 1. The van der Waals surface area contributed by atoms with E-state index in [2.05, 4.69) is 0 Å². The van der Waals surface area contributed by atoms with Crippen LogP contribution in [0.1, 0.15) is 12.8 Å². The molecule has 0 saturated carbocycles. The summed E-state index contributed by atoms with van der Waals surface area (Å²) in [5.74, 6) is 4.25. The van der Waals surface area contributed by atoms with Gasteiger partial charge in [-0.2, -0.15) is 5.26 Å². The van der Waals surface area contributed by atoms with E-state index < -0.39 is 12.0 Å². The minimum absolute atomic E-state index is 0.0482. The third-order valence-corrected chi connectivity index (χ3v) is 0.909. The molecule has 0 aliphatic rings. The molecule has 0 rings (SSSR count). The lowest BCUT2D eigenvalue weighted by Gasteiger charge is -2.02. The highest BCUT2D eigenvalue weighted by atomic mass is 16.3. The minimum Gasteiger partial charge on any atom is -0.392 e. The first kappa shape index (κ1) is 8.88. The van der Waals surface area contributed by atoms with Crippen LogP contribution in [0.4, 0.5) is 0 Å². The highest BCUT2D eigenvalue weighted by Gasteiger charge is 2.07. The lowest BCUT2D eigenvalue weighted by Crippen LogP contribution is -2.32. The maximum Gasteiger partial charge on any atom is 0.236 e. The third-order valence-electron chi connectivity index (χ3n) is 0.909. The molecule has 0 spiro atoms. The van der Waals surface area contributed by atoms with Gasteiger partial charge in [-0.15, -0.1) is 0 Å². The van der Waals surface area contributed by atoms with E-state index in [1.165, 1.54) is 0 Å². The van der Waals surface area contributed by atoms with E-state index in [9.17, 15) is 4.79 Å². The van der Waals surface area contributed by atoms with E-state index in [1.807, 2.05) is 5.43 Å². The first-order valence-corrected chi connectivity index (χ1v) is 2.75. The molecule has 56 valence electrons. The van der Waals surface area contributed by atoms with E-state index >= 15 is 0 Å². The second-order valence-electron chi connectivity index (χ2n) is 1.79. The van der Waals surface area contributed by atoms with Crippen LogP contribution in [0, 0.1) is 11.3 Å². The summed E-state index contributed by atoms with van der Waals surface area (Å²) in [5.41, 5.74) is 1.85. The van der Waals surface area contributed by atoms with Crippen molar-refractivity contribution in [3.63, 3.8) is 0 Å². The predicted octanol–water partition coefficient (Wildman–Crippen LogP) is -1.36. The summed E-state index contributed by atoms with van der Waals surface area (Å²) >= 11 is 0. The highest BCUT2D eigenvalue weighted by Crippen LogP contribution is 1.94. The number of aliphatic hydroxyl groups is 1. The Morgan fingerprint density at radius 2 is 2.50 bits per heavy atom. The van der Waals surface area contributed by atoms with Gasteiger partial charge >= 0.3 is 0 Å².